The van der Waals surface area contributed by atoms with Gasteiger partial charge in [-0.2, -0.15) is 13.2 Å². The van der Waals surface area contributed by atoms with Crippen LogP contribution in [-0.2, 0) is 6.18 Å². The molecular weight excluding hydrogens is 521 g/mol. The van der Waals surface area contributed by atoms with Crippen LogP contribution in [0.25, 0.3) is 0 Å². The van der Waals surface area contributed by atoms with Gasteiger partial charge >= 0.3 is 6.18 Å². The molecule has 0 radical (unpaired) electrons. The van der Waals surface area contributed by atoms with Crippen LogP contribution in [0.2, 0.25) is 0 Å². The Morgan fingerprint density at radius 2 is 1.93 bits per heavy atom. The van der Waals surface area contributed by atoms with E-state index in [2.05, 4.69) is 47.7 Å². The number of β-amino-alcohol motifs (C(OH)–C–C–N with tert-alkyl or cyclic N) is 1. The van der Waals surface area contributed by atoms with Crippen molar-refractivity contribution >= 4 is 5.91 Å². The van der Waals surface area contributed by atoms with Gasteiger partial charge in [0, 0.05) is 50.5 Å². The molecule has 0 saturated carbocycles. The molecule has 1 aromatic heterocycles. The summed E-state index contributed by atoms with van der Waals surface area (Å²) in [6.07, 6.45) is 0.0138. The third-order valence-electron chi connectivity index (χ3n) is 8.93. The molecule has 3 saturated heterocycles. The molecule has 1 aromatic carbocycles. The number of amides is 1. The van der Waals surface area contributed by atoms with Crippen LogP contribution in [0.15, 0.2) is 30.5 Å². The molecule has 1 unspecified atom stereocenters. The Morgan fingerprint density at radius 3 is 2.58 bits per heavy atom. The summed E-state index contributed by atoms with van der Waals surface area (Å²) in [5.41, 5.74) is 2.77. The first-order chi connectivity index (χ1) is 19.0. The van der Waals surface area contributed by atoms with Crippen molar-refractivity contribution in [1.29, 1.82) is 0 Å². The number of piperidine rings is 1. The Hall–Kier alpha value is -2.69. The monoisotopic (exact) mass is 560 g/mol. The predicted octanol–water partition coefficient (Wildman–Crippen LogP) is 4.60. The van der Waals surface area contributed by atoms with Gasteiger partial charge in [-0.15, -0.1) is 0 Å². The second-order valence-electron chi connectivity index (χ2n) is 11.5. The van der Waals surface area contributed by atoms with E-state index >= 15 is 0 Å². The number of carbonyl (C=O) groups excluding carboxylic acids is 1. The maximum atomic E-state index is 13.1. The van der Waals surface area contributed by atoms with Gasteiger partial charge in [0.2, 0.25) is 0 Å². The molecule has 218 valence electrons. The second kappa shape index (κ2) is 11.7. The van der Waals surface area contributed by atoms with Gasteiger partial charge < -0.3 is 19.6 Å². The van der Waals surface area contributed by atoms with Gasteiger partial charge in [0.1, 0.15) is 11.4 Å². The first kappa shape index (κ1) is 28.8. The van der Waals surface area contributed by atoms with Gasteiger partial charge in [-0.1, -0.05) is 6.07 Å². The number of alkyl halides is 3. The van der Waals surface area contributed by atoms with Crippen LogP contribution in [0.3, 0.4) is 0 Å². The molecule has 40 heavy (non-hydrogen) atoms. The van der Waals surface area contributed by atoms with E-state index in [1.807, 2.05) is 0 Å². The van der Waals surface area contributed by atoms with Crippen LogP contribution in [0, 0.1) is 13.8 Å². The number of benzene rings is 1. The summed E-state index contributed by atoms with van der Waals surface area (Å²) in [4.78, 5) is 23.0. The van der Waals surface area contributed by atoms with Crippen molar-refractivity contribution in [2.24, 2.45) is 0 Å². The molecule has 2 bridgehead atoms. The summed E-state index contributed by atoms with van der Waals surface area (Å²) in [7, 11) is 0. The number of aliphatic hydroxyl groups excluding tert-OH is 1. The number of aliphatic hydroxyl groups is 1. The number of nitrogens with zero attached hydrogens (tertiary/aromatic N) is 4. The highest BCUT2D eigenvalue weighted by atomic mass is 19.4. The molecular formula is C30H39F3N4O3. The number of hydrogen-bond acceptors (Lipinski definition) is 6. The summed E-state index contributed by atoms with van der Waals surface area (Å²) in [6, 6.07) is 6.69. The molecule has 5 rings (SSSR count). The highest BCUT2D eigenvalue weighted by Gasteiger charge is 2.47. The molecule has 3 aliphatic heterocycles. The van der Waals surface area contributed by atoms with Crippen LogP contribution >= 0.6 is 0 Å². The SMILES string of the molecule is Cc1c(OCCCN2CCCC(O)C2)ccc([C@H](C)N2C[C@@H]3C[C@H]2CN3C(=O)c2ccc(C(F)(F)F)nc2)c1C. The van der Waals surface area contributed by atoms with Gasteiger partial charge in [0.25, 0.3) is 5.91 Å². The molecule has 4 heterocycles. The smallest absolute Gasteiger partial charge is 0.433 e. The lowest BCUT2D eigenvalue weighted by molar-refractivity contribution is -0.141. The van der Waals surface area contributed by atoms with Crippen LogP contribution in [0.5, 0.6) is 5.75 Å². The molecule has 10 heteroatoms. The Kier molecular flexibility index (Phi) is 8.40. The van der Waals surface area contributed by atoms with Crippen LogP contribution in [0.1, 0.15) is 71.4 Å². The maximum absolute atomic E-state index is 13.1. The predicted molar refractivity (Wildman–Crippen MR) is 145 cm³/mol. The number of hydrogen-bond donors (Lipinski definition) is 1. The fraction of sp³-hybridized carbons (Fsp3) is 0.600. The van der Waals surface area contributed by atoms with Gasteiger partial charge in [0.05, 0.1) is 18.3 Å². The Labute approximate surface area is 233 Å². The number of rotatable bonds is 8. The number of likely N-dealkylation sites (tertiary alicyclic amines) is 3. The number of carbonyl (C=O) groups is 1. The summed E-state index contributed by atoms with van der Waals surface area (Å²) >= 11 is 0. The zero-order valence-electron chi connectivity index (χ0n) is 23.5. The lowest BCUT2D eigenvalue weighted by Gasteiger charge is -2.38. The van der Waals surface area contributed by atoms with Gasteiger partial charge in [-0.25, -0.2) is 0 Å². The van der Waals surface area contributed by atoms with Crippen molar-refractivity contribution in [1.82, 2.24) is 19.7 Å². The van der Waals surface area contributed by atoms with E-state index in [4.69, 9.17) is 4.74 Å². The summed E-state index contributed by atoms with van der Waals surface area (Å²) in [5.74, 6) is 0.642. The number of ether oxygens (including phenoxy) is 1. The van der Waals surface area contributed by atoms with E-state index in [0.29, 0.717) is 13.2 Å². The van der Waals surface area contributed by atoms with E-state index in [-0.39, 0.29) is 35.7 Å². The lowest BCUT2D eigenvalue weighted by Crippen LogP contribution is -2.49. The molecule has 3 aliphatic rings. The number of fused-ring (bicyclic) bond motifs is 2. The topological polar surface area (TPSA) is 69.1 Å². The first-order valence-electron chi connectivity index (χ1n) is 14.3. The van der Waals surface area contributed by atoms with Crippen molar-refractivity contribution < 1.29 is 27.8 Å². The van der Waals surface area contributed by atoms with E-state index in [1.54, 1.807) is 4.90 Å². The van der Waals surface area contributed by atoms with Crippen LogP contribution in [-0.4, -0.2) is 88.2 Å². The van der Waals surface area contributed by atoms with E-state index < -0.39 is 11.9 Å². The minimum Gasteiger partial charge on any atom is -0.493 e. The number of halogens is 3. The van der Waals surface area contributed by atoms with Crippen molar-refractivity contribution in [3.05, 3.63) is 58.4 Å². The summed E-state index contributed by atoms with van der Waals surface area (Å²) in [5, 5.41) is 9.85. The Balaban J connectivity index is 1.16. The molecule has 4 atom stereocenters. The van der Waals surface area contributed by atoms with Gasteiger partial charge in [-0.05, 0) is 87.9 Å². The Bertz CT molecular complexity index is 1210. The van der Waals surface area contributed by atoms with E-state index in [1.165, 1.54) is 17.2 Å². The summed E-state index contributed by atoms with van der Waals surface area (Å²) in [6.45, 7) is 11.1. The van der Waals surface area contributed by atoms with Crippen molar-refractivity contribution in [2.75, 3.05) is 39.3 Å². The fourth-order valence-corrected chi connectivity index (χ4v) is 6.58. The van der Waals surface area contributed by atoms with Crippen LogP contribution < -0.4 is 4.74 Å². The zero-order valence-corrected chi connectivity index (χ0v) is 23.5. The number of pyridine rings is 1. The van der Waals surface area contributed by atoms with Crippen molar-refractivity contribution in [2.45, 2.75) is 76.9 Å². The first-order valence-corrected chi connectivity index (χ1v) is 14.3. The quantitative estimate of drug-likeness (QED) is 0.476. The highest BCUT2D eigenvalue weighted by molar-refractivity contribution is 5.94. The fourth-order valence-electron chi connectivity index (χ4n) is 6.58. The molecule has 1 N–H and O–H groups in total. The van der Waals surface area contributed by atoms with Crippen molar-refractivity contribution in [3.8, 4) is 5.75 Å². The zero-order chi connectivity index (χ0) is 28.6. The standard InChI is InChI=1S/C30H39F3N4O3/c1-19-20(2)27(40-13-5-12-35-11-4-6-25(38)18-35)9-8-26(19)21(3)36-16-24-14-23(36)17-37(24)29(39)22-7-10-28(34-15-22)30(31,32)33/h7-10,15,21,23-25,38H,4-6,11-14,16-18H2,1-3H3/t21-,23-,24-,25?/m0/s1. The van der Waals surface area contributed by atoms with Crippen LogP contribution in [0.4, 0.5) is 13.2 Å². The number of aromatic nitrogens is 1. The van der Waals surface area contributed by atoms with Gasteiger partial charge in [-0.3, -0.25) is 14.7 Å². The third kappa shape index (κ3) is 5.99. The van der Waals surface area contributed by atoms with E-state index in [0.717, 1.165) is 75.4 Å². The minimum absolute atomic E-state index is 0.0345. The average molecular weight is 561 g/mol. The molecule has 7 nitrogen and oxygen atoms in total. The molecule has 0 aliphatic carbocycles. The second-order valence-corrected chi connectivity index (χ2v) is 11.5. The molecule has 1 amide bonds. The van der Waals surface area contributed by atoms with E-state index in [9.17, 15) is 23.1 Å². The number of piperazine rings is 1. The van der Waals surface area contributed by atoms with Gasteiger partial charge in [0.15, 0.2) is 0 Å². The molecule has 0 spiro atoms. The normalized spacial score (nSPS) is 24.5. The maximum Gasteiger partial charge on any atom is 0.433 e. The lowest BCUT2D eigenvalue weighted by atomic mass is 9.96. The summed E-state index contributed by atoms with van der Waals surface area (Å²) < 4.78 is 44.7. The highest BCUT2D eigenvalue weighted by Crippen LogP contribution is 2.39. The Morgan fingerprint density at radius 1 is 1.12 bits per heavy atom. The molecule has 2 aromatic rings. The minimum atomic E-state index is -4.52. The average Bonchev–Trinajstić information content (AvgIpc) is 3.54. The third-order valence-corrected chi connectivity index (χ3v) is 8.93. The largest absolute Gasteiger partial charge is 0.493 e. The molecule has 3 fully saturated rings. The van der Waals surface area contributed by atoms with Crippen molar-refractivity contribution in [3.63, 3.8) is 0 Å².